The lowest BCUT2D eigenvalue weighted by atomic mass is 9.42. The lowest BCUT2D eigenvalue weighted by Gasteiger charge is -2.65. The average molecular weight is 364 g/mol. The Balaban J connectivity index is 1.65. The van der Waals surface area contributed by atoms with Crippen LogP contribution in [0.1, 0.15) is 58.3 Å². The van der Waals surface area contributed by atoms with E-state index < -0.39 is 29.4 Å². The Labute approximate surface area is 153 Å². The Bertz CT molecular complexity index is 626. The van der Waals surface area contributed by atoms with E-state index in [2.05, 4.69) is 13.5 Å². The van der Waals surface area contributed by atoms with Crippen LogP contribution in [0.4, 0.5) is 0 Å². The van der Waals surface area contributed by atoms with Gasteiger partial charge < -0.3 is 19.3 Å². The van der Waals surface area contributed by atoms with Crippen LogP contribution in [0.3, 0.4) is 0 Å². The molecule has 1 saturated heterocycles. The molecule has 4 bridgehead atoms. The van der Waals surface area contributed by atoms with Crippen LogP contribution >= 0.6 is 0 Å². The van der Waals surface area contributed by atoms with E-state index in [0.717, 1.165) is 25.3 Å². The van der Waals surface area contributed by atoms with Crippen LogP contribution in [0, 0.1) is 16.7 Å². The van der Waals surface area contributed by atoms with E-state index in [0.29, 0.717) is 38.7 Å². The fourth-order valence-electron chi connectivity index (χ4n) is 6.38. The molecule has 5 aliphatic rings. The van der Waals surface area contributed by atoms with Crippen molar-refractivity contribution in [2.75, 3.05) is 6.61 Å². The number of carbonyl (C=O) groups excluding carboxylic acids is 2. The normalized spacial score (nSPS) is 46.6. The van der Waals surface area contributed by atoms with Gasteiger partial charge in [0.15, 0.2) is 0 Å². The first-order chi connectivity index (χ1) is 12.3. The summed E-state index contributed by atoms with van der Waals surface area (Å²) in [6, 6.07) is 0. The van der Waals surface area contributed by atoms with Gasteiger partial charge in [-0.25, -0.2) is 4.79 Å². The Hall–Kier alpha value is -1.40. The Morgan fingerprint density at radius 3 is 2.65 bits per heavy atom. The van der Waals surface area contributed by atoms with Crippen molar-refractivity contribution in [2.45, 2.75) is 76.3 Å². The second-order valence-corrected chi connectivity index (χ2v) is 9.12. The zero-order chi connectivity index (χ0) is 18.6. The molecule has 6 nitrogen and oxygen atoms in total. The summed E-state index contributed by atoms with van der Waals surface area (Å²) in [4.78, 5) is 25.3. The molecule has 4 aliphatic carbocycles. The molecule has 144 valence electrons. The number of aliphatic hydroxyl groups is 1. The maximum Gasteiger partial charge on any atom is 0.330 e. The lowest BCUT2D eigenvalue weighted by Crippen LogP contribution is -2.71. The molecule has 26 heavy (non-hydrogen) atoms. The van der Waals surface area contributed by atoms with E-state index in [9.17, 15) is 14.7 Å². The summed E-state index contributed by atoms with van der Waals surface area (Å²) in [6.45, 7) is 6.16. The molecule has 4 saturated carbocycles. The monoisotopic (exact) mass is 364 g/mol. The maximum absolute atomic E-state index is 13.3. The summed E-state index contributed by atoms with van der Waals surface area (Å²) in [7, 11) is 0. The molecule has 0 aromatic heterocycles. The number of hydrogen-bond acceptors (Lipinski definition) is 6. The van der Waals surface area contributed by atoms with Crippen LogP contribution in [0.15, 0.2) is 12.7 Å². The molecule has 5 rings (SSSR count). The lowest BCUT2D eigenvalue weighted by molar-refractivity contribution is -0.279. The van der Waals surface area contributed by atoms with Crippen molar-refractivity contribution in [1.29, 1.82) is 0 Å². The van der Waals surface area contributed by atoms with Crippen LogP contribution < -0.4 is 0 Å². The Morgan fingerprint density at radius 1 is 1.19 bits per heavy atom. The summed E-state index contributed by atoms with van der Waals surface area (Å²) in [5.74, 6) is -0.756. The fourth-order valence-corrected chi connectivity index (χ4v) is 6.38. The van der Waals surface area contributed by atoms with Gasteiger partial charge in [0.25, 0.3) is 0 Å². The van der Waals surface area contributed by atoms with Crippen LogP contribution in [-0.2, 0) is 23.8 Å². The molecule has 6 atom stereocenters. The topological polar surface area (TPSA) is 82.1 Å². The van der Waals surface area contributed by atoms with Gasteiger partial charge in [0.1, 0.15) is 17.1 Å². The molecule has 0 radical (unpaired) electrons. The van der Waals surface area contributed by atoms with E-state index in [-0.39, 0.29) is 17.3 Å². The standard InChI is InChI=1S/C20H28O6/c1-3-14(21)25-16-19(17(22)26-15-6-4-5-7-24-15)9-13-8-18(2,11-19)12-20(16,23)10-13/h3,13,15-16,23H,1,4-12H2,2H3. The summed E-state index contributed by atoms with van der Waals surface area (Å²) in [5, 5.41) is 11.3. The number of rotatable bonds is 4. The highest BCUT2D eigenvalue weighted by molar-refractivity contribution is 5.83. The first-order valence-electron chi connectivity index (χ1n) is 9.67. The van der Waals surface area contributed by atoms with Crippen molar-refractivity contribution in [3.63, 3.8) is 0 Å². The molecular weight excluding hydrogens is 336 g/mol. The summed E-state index contributed by atoms with van der Waals surface area (Å²) in [5.41, 5.74) is -2.32. The molecule has 1 heterocycles. The zero-order valence-electron chi connectivity index (χ0n) is 15.4. The smallest absolute Gasteiger partial charge is 0.330 e. The third-order valence-electron chi connectivity index (χ3n) is 6.73. The second-order valence-electron chi connectivity index (χ2n) is 9.12. The molecule has 0 spiro atoms. The number of ether oxygens (including phenoxy) is 3. The SMILES string of the molecule is C=CC(=O)OC1C2(O)CC3CC(C)(C2)CC1(C(=O)OC1CCCCO1)C3. The number of esters is 2. The van der Waals surface area contributed by atoms with Crippen molar-refractivity contribution in [2.24, 2.45) is 16.7 Å². The van der Waals surface area contributed by atoms with Crippen molar-refractivity contribution in [3.8, 4) is 0 Å². The molecule has 0 aromatic rings. The fraction of sp³-hybridized carbons (Fsp3) is 0.800. The second kappa shape index (κ2) is 6.06. The largest absolute Gasteiger partial charge is 0.455 e. The number of carbonyl (C=O) groups is 2. The van der Waals surface area contributed by atoms with Gasteiger partial charge >= 0.3 is 11.9 Å². The Kier molecular flexibility index (Phi) is 4.19. The molecule has 0 aromatic carbocycles. The summed E-state index contributed by atoms with van der Waals surface area (Å²) in [6.07, 6.45) is 5.53. The van der Waals surface area contributed by atoms with Gasteiger partial charge in [-0.15, -0.1) is 0 Å². The molecule has 5 fully saturated rings. The van der Waals surface area contributed by atoms with Gasteiger partial charge in [-0.2, -0.15) is 0 Å². The summed E-state index contributed by atoms with van der Waals surface area (Å²) < 4.78 is 16.9. The molecule has 6 unspecified atom stereocenters. The highest BCUT2D eigenvalue weighted by Gasteiger charge is 2.72. The van der Waals surface area contributed by atoms with Gasteiger partial charge in [0.2, 0.25) is 6.29 Å². The van der Waals surface area contributed by atoms with Gasteiger partial charge in [0.05, 0.1) is 6.61 Å². The first-order valence-corrected chi connectivity index (χ1v) is 9.67. The van der Waals surface area contributed by atoms with Gasteiger partial charge in [-0.05, 0) is 56.3 Å². The zero-order valence-corrected chi connectivity index (χ0v) is 15.4. The van der Waals surface area contributed by atoms with Crippen LogP contribution in [0.5, 0.6) is 0 Å². The predicted molar refractivity (Wildman–Crippen MR) is 91.8 cm³/mol. The quantitative estimate of drug-likeness (QED) is 0.610. The third-order valence-corrected chi connectivity index (χ3v) is 6.73. The predicted octanol–water partition coefficient (Wildman–Crippen LogP) is 2.49. The highest BCUT2D eigenvalue weighted by Crippen LogP contribution is 2.67. The number of hydrogen-bond donors (Lipinski definition) is 1. The molecule has 1 aliphatic heterocycles. The van der Waals surface area contributed by atoms with E-state index in [4.69, 9.17) is 14.2 Å². The molecule has 1 N–H and O–H groups in total. The van der Waals surface area contributed by atoms with Crippen molar-refractivity contribution < 1.29 is 28.9 Å². The minimum Gasteiger partial charge on any atom is -0.455 e. The third kappa shape index (κ3) is 2.78. The van der Waals surface area contributed by atoms with Crippen molar-refractivity contribution in [1.82, 2.24) is 0 Å². The summed E-state index contributed by atoms with van der Waals surface area (Å²) >= 11 is 0. The van der Waals surface area contributed by atoms with E-state index in [1.807, 2.05) is 0 Å². The minimum atomic E-state index is -1.18. The van der Waals surface area contributed by atoms with Gasteiger partial charge in [0, 0.05) is 12.5 Å². The van der Waals surface area contributed by atoms with Crippen LogP contribution in [-0.4, -0.2) is 41.6 Å². The average Bonchev–Trinajstić information content (AvgIpc) is 2.57. The molecule has 6 heteroatoms. The van der Waals surface area contributed by atoms with Gasteiger partial charge in [-0.3, -0.25) is 4.79 Å². The van der Waals surface area contributed by atoms with E-state index in [1.165, 1.54) is 0 Å². The molecular formula is C20H28O6. The molecule has 0 amide bonds. The Morgan fingerprint density at radius 2 is 2.00 bits per heavy atom. The first kappa shape index (κ1) is 18.0. The maximum atomic E-state index is 13.3. The highest BCUT2D eigenvalue weighted by atomic mass is 16.7. The van der Waals surface area contributed by atoms with Crippen molar-refractivity contribution >= 4 is 11.9 Å². The van der Waals surface area contributed by atoms with E-state index in [1.54, 1.807) is 0 Å². The van der Waals surface area contributed by atoms with Crippen LogP contribution in [0.2, 0.25) is 0 Å². The minimum absolute atomic E-state index is 0.139. The van der Waals surface area contributed by atoms with E-state index >= 15 is 0 Å². The van der Waals surface area contributed by atoms with Crippen LogP contribution in [0.25, 0.3) is 0 Å². The van der Waals surface area contributed by atoms with Gasteiger partial charge in [-0.1, -0.05) is 13.5 Å². The van der Waals surface area contributed by atoms with Crippen molar-refractivity contribution in [3.05, 3.63) is 12.7 Å².